The number of carbonyl (C=O) groups excluding carboxylic acids is 2. The predicted octanol–water partition coefficient (Wildman–Crippen LogP) is 3.81. The summed E-state index contributed by atoms with van der Waals surface area (Å²) in [7, 11) is 0. The Morgan fingerprint density at radius 2 is 1.74 bits per heavy atom. The molecule has 3 heterocycles. The van der Waals surface area contributed by atoms with E-state index in [9.17, 15) is 14.7 Å². The molecule has 6 nitrogen and oxygen atoms in total. The standard InChI is InChI=1S/C28H35N3O3/c1-20(2)31-19-28(26(31)22-8-10-24(32)11-9-22)12-14-29(15-13-28)27(34)23-16-25(33)30(18-23)17-21-6-4-3-5-7-21/h3-11,20,23,26,32H,12-19H2,1-2H3. The lowest BCUT2D eigenvalue weighted by Gasteiger charge is -2.62. The molecular weight excluding hydrogens is 426 g/mol. The van der Waals surface area contributed by atoms with Gasteiger partial charge in [-0.15, -0.1) is 0 Å². The first-order chi connectivity index (χ1) is 16.4. The van der Waals surface area contributed by atoms with Gasteiger partial charge in [0.2, 0.25) is 11.8 Å². The van der Waals surface area contributed by atoms with E-state index in [4.69, 9.17) is 0 Å². The SMILES string of the molecule is CC(C)N1CC2(CCN(C(=O)C3CC(=O)N(Cc4ccccc4)C3)CC2)C1c1ccc(O)cc1. The maximum atomic E-state index is 13.3. The zero-order valence-electron chi connectivity index (χ0n) is 20.2. The molecule has 2 aromatic rings. The van der Waals surface area contributed by atoms with Crippen molar-refractivity contribution < 1.29 is 14.7 Å². The second-order valence-electron chi connectivity index (χ2n) is 10.6. The quantitative estimate of drug-likeness (QED) is 0.735. The number of rotatable bonds is 5. The largest absolute Gasteiger partial charge is 0.508 e. The number of piperidine rings is 1. The second-order valence-corrected chi connectivity index (χ2v) is 10.6. The van der Waals surface area contributed by atoms with Crippen molar-refractivity contribution in [2.45, 2.75) is 51.7 Å². The molecule has 180 valence electrons. The van der Waals surface area contributed by atoms with Gasteiger partial charge < -0.3 is 14.9 Å². The smallest absolute Gasteiger partial charge is 0.227 e. The van der Waals surface area contributed by atoms with Crippen LogP contribution in [0.15, 0.2) is 54.6 Å². The maximum absolute atomic E-state index is 13.3. The predicted molar refractivity (Wildman–Crippen MR) is 131 cm³/mol. The van der Waals surface area contributed by atoms with Crippen LogP contribution in [0.5, 0.6) is 5.75 Å². The van der Waals surface area contributed by atoms with Gasteiger partial charge in [0.05, 0.1) is 5.92 Å². The molecule has 2 atom stereocenters. The molecule has 3 aliphatic rings. The lowest BCUT2D eigenvalue weighted by molar-refractivity contribution is -0.150. The topological polar surface area (TPSA) is 64.1 Å². The zero-order chi connectivity index (χ0) is 23.9. The van der Waals surface area contributed by atoms with Crippen LogP contribution in [0, 0.1) is 11.3 Å². The molecule has 0 aromatic heterocycles. The summed E-state index contributed by atoms with van der Waals surface area (Å²) in [6.45, 7) is 8.11. The van der Waals surface area contributed by atoms with Gasteiger partial charge in [-0.25, -0.2) is 0 Å². The van der Waals surface area contributed by atoms with Gasteiger partial charge in [0, 0.05) is 56.6 Å². The fourth-order valence-corrected chi connectivity index (χ4v) is 6.22. The summed E-state index contributed by atoms with van der Waals surface area (Å²) in [5.41, 5.74) is 2.52. The van der Waals surface area contributed by atoms with Crippen LogP contribution in [-0.4, -0.2) is 63.8 Å². The highest BCUT2D eigenvalue weighted by atomic mass is 16.3. The molecule has 1 spiro atoms. The van der Waals surface area contributed by atoms with Gasteiger partial charge in [0.25, 0.3) is 0 Å². The Bertz CT molecular complexity index is 1030. The van der Waals surface area contributed by atoms with E-state index in [0.717, 1.165) is 38.0 Å². The van der Waals surface area contributed by atoms with Gasteiger partial charge in [-0.3, -0.25) is 14.5 Å². The van der Waals surface area contributed by atoms with Crippen LogP contribution in [-0.2, 0) is 16.1 Å². The third kappa shape index (κ3) is 4.20. The van der Waals surface area contributed by atoms with E-state index in [1.165, 1.54) is 5.56 Å². The van der Waals surface area contributed by atoms with Crippen molar-refractivity contribution in [3.05, 3.63) is 65.7 Å². The van der Waals surface area contributed by atoms with Crippen LogP contribution < -0.4 is 0 Å². The monoisotopic (exact) mass is 461 g/mol. The van der Waals surface area contributed by atoms with Crippen molar-refractivity contribution in [2.24, 2.45) is 11.3 Å². The minimum Gasteiger partial charge on any atom is -0.508 e. The number of aromatic hydroxyl groups is 1. The van der Waals surface area contributed by atoms with E-state index in [1.807, 2.05) is 52.3 Å². The van der Waals surface area contributed by atoms with Crippen molar-refractivity contribution in [3.8, 4) is 5.75 Å². The normalized spacial score (nSPS) is 24.6. The summed E-state index contributed by atoms with van der Waals surface area (Å²) >= 11 is 0. The zero-order valence-corrected chi connectivity index (χ0v) is 20.2. The molecule has 3 fully saturated rings. The number of nitrogens with zero attached hydrogens (tertiary/aromatic N) is 3. The first kappa shape index (κ1) is 22.9. The van der Waals surface area contributed by atoms with Crippen LogP contribution in [0.4, 0.5) is 0 Å². The molecule has 0 bridgehead atoms. The van der Waals surface area contributed by atoms with E-state index in [0.29, 0.717) is 37.3 Å². The van der Waals surface area contributed by atoms with Gasteiger partial charge in [0.1, 0.15) is 5.75 Å². The molecule has 5 rings (SSSR count). The first-order valence-electron chi connectivity index (χ1n) is 12.5. The van der Waals surface area contributed by atoms with E-state index in [1.54, 1.807) is 12.1 Å². The van der Waals surface area contributed by atoms with Crippen molar-refractivity contribution >= 4 is 11.8 Å². The highest BCUT2D eigenvalue weighted by Crippen LogP contribution is 2.55. The summed E-state index contributed by atoms with van der Waals surface area (Å²) in [6.07, 6.45) is 2.27. The van der Waals surface area contributed by atoms with Crippen molar-refractivity contribution in [2.75, 3.05) is 26.2 Å². The Morgan fingerprint density at radius 3 is 2.38 bits per heavy atom. The van der Waals surface area contributed by atoms with Crippen LogP contribution in [0.25, 0.3) is 0 Å². The molecule has 3 aliphatic heterocycles. The summed E-state index contributed by atoms with van der Waals surface area (Å²) < 4.78 is 0. The molecule has 1 N–H and O–H groups in total. The second kappa shape index (κ2) is 9.06. The van der Waals surface area contributed by atoms with Crippen molar-refractivity contribution in [3.63, 3.8) is 0 Å². The van der Waals surface area contributed by atoms with Gasteiger partial charge in [-0.1, -0.05) is 42.5 Å². The number of hydrogen-bond donors (Lipinski definition) is 1. The molecule has 2 aromatic carbocycles. The van der Waals surface area contributed by atoms with Gasteiger partial charge >= 0.3 is 0 Å². The van der Waals surface area contributed by atoms with Crippen LogP contribution in [0.1, 0.15) is 50.3 Å². The number of benzene rings is 2. The molecule has 2 amide bonds. The van der Waals surface area contributed by atoms with E-state index in [-0.39, 0.29) is 23.1 Å². The number of phenols is 1. The van der Waals surface area contributed by atoms with Gasteiger partial charge in [0.15, 0.2) is 0 Å². The maximum Gasteiger partial charge on any atom is 0.227 e. The van der Waals surface area contributed by atoms with E-state index < -0.39 is 0 Å². The Labute approximate surface area is 202 Å². The number of hydrogen-bond acceptors (Lipinski definition) is 4. The highest BCUT2D eigenvalue weighted by Gasteiger charge is 2.55. The average molecular weight is 462 g/mol. The Kier molecular flexibility index (Phi) is 6.11. The lowest BCUT2D eigenvalue weighted by Crippen LogP contribution is -2.64. The number of likely N-dealkylation sites (tertiary alicyclic amines) is 3. The molecule has 3 saturated heterocycles. The summed E-state index contributed by atoms with van der Waals surface area (Å²) in [4.78, 5) is 32.3. The molecule has 0 aliphatic carbocycles. The Morgan fingerprint density at radius 1 is 1.06 bits per heavy atom. The number of amides is 2. The lowest BCUT2D eigenvalue weighted by atomic mass is 9.62. The minimum atomic E-state index is -0.230. The van der Waals surface area contributed by atoms with Crippen LogP contribution >= 0.6 is 0 Å². The van der Waals surface area contributed by atoms with Gasteiger partial charge in [-0.2, -0.15) is 0 Å². The minimum absolute atomic E-state index is 0.0784. The molecule has 6 heteroatoms. The average Bonchev–Trinajstić information content (AvgIpc) is 3.19. The van der Waals surface area contributed by atoms with Crippen LogP contribution in [0.2, 0.25) is 0 Å². The van der Waals surface area contributed by atoms with Crippen LogP contribution in [0.3, 0.4) is 0 Å². The van der Waals surface area contributed by atoms with Crippen molar-refractivity contribution in [1.82, 2.24) is 14.7 Å². The summed E-state index contributed by atoms with van der Waals surface area (Å²) in [6, 6.07) is 18.4. The number of carbonyl (C=O) groups is 2. The van der Waals surface area contributed by atoms with E-state index >= 15 is 0 Å². The fraction of sp³-hybridized carbons (Fsp3) is 0.500. The third-order valence-electron chi connectivity index (χ3n) is 8.13. The molecular formula is C28H35N3O3. The number of phenolic OH excluding ortho intramolecular Hbond substituents is 1. The Hall–Kier alpha value is -2.86. The summed E-state index contributed by atoms with van der Waals surface area (Å²) in [5, 5.41) is 9.74. The van der Waals surface area contributed by atoms with Crippen molar-refractivity contribution in [1.29, 1.82) is 0 Å². The highest BCUT2D eigenvalue weighted by molar-refractivity contribution is 5.89. The molecule has 0 saturated carbocycles. The fourth-order valence-electron chi connectivity index (χ4n) is 6.22. The first-order valence-corrected chi connectivity index (χ1v) is 12.5. The molecule has 0 radical (unpaired) electrons. The Balaban J connectivity index is 1.22. The molecule has 34 heavy (non-hydrogen) atoms. The summed E-state index contributed by atoms with van der Waals surface area (Å²) in [5.74, 6) is 0.280. The molecule has 2 unspecified atom stereocenters. The van der Waals surface area contributed by atoms with E-state index in [2.05, 4.69) is 18.7 Å². The van der Waals surface area contributed by atoms with Gasteiger partial charge in [-0.05, 0) is 49.9 Å². The third-order valence-corrected chi connectivity index (χ3v) is 8.13.